The third-order valence-electron chi connectivity index (χ3n) is 9.21. The molecule has 0 saturated heterocycles. The van der Waals surface area contributed by atoms with E-state index in [0.717, 1.165) is 47.9 Å². The Hall–Kier alpha value is -1.96. The van der Waals surface area contributed by atoms with Crippen LogP contribution in [-0.4, -0.2) is 10.2 Å². The SMILES string of the molecule is Oc1c(C2CCCCC2)cccc1C1(c2cccc(C3CCCCC3)c2O)CCCCCC1. The van der Waals surface area contributed by atoms with E-state index in [9.17, 15) is 10.2 Å². The minimum absolute atomic E-state index is 0.292. The Labute approximate surface area is 200 Å². The van der Waals surface area contributed by atoms with Crippen molar-refractivity contribution in [1.82, 2.24) is 0 Å². The predicted molar refractivity (Wildman–Crippen MR) is 136 cm³/mol. The van der Waals surface area contributed by atoms with E-state index in [0.29, 0.717) is 23.3 Å². The summed E-state index contributed by atoms with van der Waals surface area (Å²) in [6, 6.07) is 13.0. The molecule has 3 saturated carbocycles. The third-order valence-corrected chi connectivity index (χ3v) is 9.21. The highest BCUT2D eigenvalue weighted by Gasteiger charge is 2.40. The molecule has 2 heteroatoms. The fraction of sp³-hybridized carbons (Fsp3) is 0.613. The van der Waals surface area contributed by atoms with E-state index in [2.05, 4.69) is 36.4 Å². The largest absolute Gasteiger partial charge is 0.507 e. The highest BCUT2D eigenvalue weighted by molar-refractivity contribution is 5.56. The van der Waals surface area contributed by atoms with Gasteiger partial charge in [0.15, 0.2) is 0 Å². The van der Waals surface area contributed by atoms with Crippen molar-refractivity contribution in [3.63, 3.8) is 0 Å². The first-order valence-electron chi connectivity index (χ1n) is 13.9. The zero-order valence-electron chi connectivity index (χ0n) is 20.3. The summed E-state index contributed by atoms with van der Waals surface area (Å²) in [6.07, 6.45) is 19.3. The van der Waals surface area contributed by atoms with Gasteiger partial charge in [0.2, 0.25) is 0 Å². The Kier molecular flexibility index (Phi) is 6.99. The van der Waals surface area contributed by atoms with Crippen molar-refractivity contribution in [1.29, 1.82) is 0 Å². The molecular formula is C31H42O2. The summed E-state index contributed by atoms with van der Waals surface area (Å²) in [6.45, 7) is 0. The molecular weight excluding hydrogens is 404 g/mol. The lowest BCUT2D eigenvalue weighted by Gasteiger charge is -2.37. The maximum Gasteiger partial charge on any atom is 0.123 e. The maximum atomic E-state index is 11.7. The topological polar surface area (TPSA) is 40.5 Å². The van der Waals surface area contributed by atoms with Crippen molar-refractivity contribution in [3.8, 4) is 11.5 Å². The highest BCUT2D eigenvalue weighted by Crippen LogP contribution is 2.53. The zero-order chi connectivity index (χ0) is 22.7. The Morgan fingerprint density at radius 2 is 0.909 bits per heavy atom. The molecule has 0 spiro atoms. The van der Waals surface area contributed by atoms with E-state index in [1.165, 1.54) is 77.0 Å². The molecule has 2 nitrogen and oxygen atoms in total. The van der Waals surface area contributed by atoms with Gasteiger partial charge in [-0.05, 0) is 61.5 Å². The van der Waals surface area contributed by atoms with Gasteiger partial charge in [-0.1, -0.05) is 101 Å². The summed E-state index contributed by atoms with van der Waals surface area (Å²) < 4.78 is 0. The third kappa shape index (κ3) is 4.43. The lowest BCUT2D eigenvalue weighted by molar-refractivity contribution is 0.366. The lowest BCUT2D eigenvalue weighted by Crippen LogP contribution is -2.28. The molecule has 2 N–H and O–H groups in total. The van der Waals surface area contributed by atoms with Crippen LogP contribution in [0.5, 0.6) is 11.5 Å². The number of hydrogen-bond acceptors (Lipinski definition) is 2. The molecule has 2 aromatic rings. The van der Waals surface area contributed by atoms with Gasteiger partial charge in [-0.2, -0.15) is 0 Å². The van der Waals surface area contributed by atoms with Crippen molar-refractivity contribution in [2.24, 2.45) is 0 Å². The first kappa shape index (κ1) is 22.8. The molecule has 0 heterocycles. The van der Waals surface area contributed by atoms with E-state index >= 15 is 0 Å². The second-order valence-electron chi connectivity index (χ2n) is 11.2. The Bertz CT molecular complexity index is 856. The van der Waals surface area contributed by atoms with E-state index in [-0.39, 0.29) is 5.41 Å². The van der Waals surface area contributed by atoms with Gasteiger partial charge in [0.05, 0.1) is 0 Å². The number of aromatic hydroxyl groups is 2. The van der Waals surface area contributed by atoms with E-state index < -0.39 is 0 Å². The van der Waals surface area contributed by atoms with Crippen molar-refractivity contribution in [2.75, 3.05) is 0 Å². The number of hydrogen-bond donors (Lipinski definition) is 2. The summed E-state index contributed by atoms with van der Waals surface area (Å²) in [7, 11) is 0. The van der Waals surface area contributed by atoms with Crippen LogP contribution in [0.3, 0.4) is 0 Å². The summed E-state index contributed by atoms with van der Waals surface area (Å²) in [5, 5.41) is 23.5. The summed E-state index contributed by atoms with van der Waals surface area (Å²) in [5.41, 5.74) is 4.16. The molecule has 0 amide bonds. The summed E-state index contributed by atoms with van der Waals surface area (Å²) in [4.78, 5) is 0. The summed E-state index contributed by atoms with van der Waals surface area (Å²) >= 11 is 0. The second-order valence-corrected chi connectivity index (χ2v) is 11.2. The average Bonchev–Trinajstić information content (AvgIpc) is 3.12. The molecule has 0 unspecified atom stereocenters. The van der Waals surface area contributed by atoms with Gasteiger partial charge < -0.3 is 10.2 Å². The fourth-order valence-corrected chi connectivity index (χ4v) is 7.40. The number of phenols is 2. The molecule has 2 aromatic carbocycles. The number of benzene rings is 2. The first-order chi connectivity index (χ1) is 16.2. The fourth-order valence-electron chi connectivity index (χ4n) is 7.40. The van der Waals surface area contributed by atoms with Crippen molar-refractivity contribution in [2.45, 2.75) is 120 Å². The standard InChI is InChI=1S/C31H42O2/c32-29-25(23-13-5-3-6-14-23)17-11-19-27(29)31(21-9-1-2-10-22-31)28-20-12-18-26(30(28)33)24-15-7-4-8-16-24/h11-12,17-20,23-24,32-33H,1-10,13-16,21-22H2. The van der Waals surface area contributed by atoms with Crippen LogP contribution in [0.4, 0.5) is 0 Å². The van der Waals surface area contributed by atoms with Gasteiger partial charge in [-0.15, -0.1) is 0 Å². The number of phenolic OH excluding ortho intramolecular Hbond substituents is 2. The molecule has 3 fully saturated rings. The molecule has 5 rings (SSSR count). The van der Waals surface area contributed by atoms with Gasteiger partial charge in [-0.25, -0.2) is 0 Å². The van der Waals surface area contributed by atoms with Crippen LogP contribution in [0.2, 0.25) is 0 Å². The quantitative estimate of drug-likeness (QED) is 0.460. The number of para-hydroxylation sites is 2. The van der Waals surface area contributed by atoms with Crippen LogP contribution >= 0.6 is 0 Å². The van der Waals surface area contributed by atoms with Crippen molar-refractivity contribution < 1.29 is 10.2 Å². The zero-order valence-corrected chi connectivity index (χ0v) is 20.3. The van der Waals surface area contributed by atoms with Gasteiger partial charge in [0.25, 0.3) is 0 Å². The van der Waals surface area contributed by atoms with Crippen LogP contribution < -0.4 is 0 Å². The monoisotopic (exact) mass is 446 g/mol. The van der Waals surface area contributed by atoms with Crippen LogP contribution in [0, 0.1) is 0 Å². The van der Waals surface area contributed by atoms with Crippen molar-refractivity contribution >= 4 is 0 Å². The van der Waals surface area contributed by atoms with E-state index in [4.69, 9.17) is 0 Å². The van der Waals surface area contributed by atoms with Crippen LogP contribution in [0.25, 0.3) is 0 Å². The smallest absolute Gasteiger partial charge is 0.123 e. The molecule has 3 aliphatic carbocycles. The molecule has 0 aromatic heterocycles. The van der Waals surface area contributed by atoms with Crippen LogP contribution in [-0.2, 0) is 5.41 Å². The van der Waals surface area contributed by atoms with Gasteiger partial charge in [0, 0.05) is 16.5 Å². The maximum absolute atomic E-state index is 11.7. The minimum atomic E-state index is -0.292. The molecule has 0 bridgehead atoms. The first-order valence-corrected chi connectivity index (χ1v) is 13.9. The second kappa shape index (κ2) is 10.1. The van der Waals surface area contributed by atoms with Gasteiger partial charge in [0.1, 0.15) is 11.5 Å². The Morgan fingerprint density at radius 1 is 0.515 bits per heavy atom. The molecule has 33 heavy (non-hydrogen) atoms. The summed E-state index contributed by atoms with van der Waals surface area (Å²) in [5.74, 6) is 2.00. The van der Waals surface area contributed by atoms with Gasteiger partial charge in [-0.3, -0.25) is 0 Å². The minimum Gasteiger partial charge on any atom is -0.507 e. The van der Waals surface area contributed by atoms with E-state index in [1.807, 2.05) is 0 Å². The molecule has 0 aliphatic heterocycles. The van der Waals surface area contributed by atoms with E-state index in [1.54, 1.807) is 0 Å². The molecule has 3 aliphatic rings. The Balaban J connectivity index is 1.62. The normalized spacial score (nSPS) is 22.7. The number of rotatable bonds is 4. The predicted octanol–water partition coefficient (Wildman–Crippen LogP) is 8.83. The average molecular weight is 447 g/mol. The molecule has 0 radical (unpaired) electrons. The van der Waals surface area contributed by atoms with Crippen LogP contribution in [0.15, 0.2) is 36.4 Å². The lowest BCUT2D eigenvalue weighted by atomic mass is 9.66. The van der Waals surface area contributed by atoms with Gasteiger partial charge >= 0.3 is 0 Å². The molecule has 0 atom stereocenters. The highest BCUT2D eigenvalue weighted by atomic mass is 16.3. The Morgan fingerprint density at radius 3 is 1.33 bits per heavy atom. The van der Waals surface area contributed by atoms with Crippen molar-refractivity contribution in [3.05, 3.63) is 58.7 Å². The van der Waals surface area contributed by atoms with Crippen LogP contribution in [0.1, 0.15) is 137 Å². The molecule has 178 valence electrons.